The Morgan fingerprint density at radius 3 is 2.80 bits per heavy atom. The lowest BCUT2D eigenvalue weighted by Crippen LogP contribution is -2.47. The van der Waals surface area contributed by atoms with Crippen molar-refractivity contribution in [2.24, 2.45) is 5.73 Å². The smallest absolute Gasteiger partial charge is 0.311 e. The Morgan fingerprint density at radius 1 is 1.45 bits per heavy atom. The third kappa shape index (κ3) is 2.67. The molecule has 3 N–H and O–H groups in total. The maximum Gasteiger partial charge on any atom is 0.311 e. The molecule has 0 radical (unpaired) electrons. The van der Waals surface area contributed by atoms with Crippen LogP contribution < -0.4 is 10.6 Å². The number of carboxylic acid groups (broad SMARTS) is 1. The quantitative estimate of drug-likeness (QED) is 0.877. The van der Waals surface area contributed by atoms with E-state index in [4.69, 9.17) is 5.73 Å². The molecule has 2 rings (SSSR count). The van der Waals surface area contributed by atoms with Crippen molar-refractivity contribution in [2.45, 2.75) is 38.1 Å². The van der Waals surface area contributed by atoms with Crippen LogP contribution in [0.4, 0.5) is 5.69 Å². The van der Waals surface area contributed by atoms with Gasteiger partial charge in [0, 0.05) is 12.2 Å². The fourth-order valence-corrected chi connectivity index (χ4v) is 2.68. The van der Waals surface area contributed by atoms with E-state index in [-0.39, 0.29) is 5.91 Å². The summed E-state index contributed by atoms with van der Waals surface area (Å²) in [5.41, 5.74) is 7.28. The van der Waals surface area contributed by atoms with Gasteiger partial charge in [0.15, 0.2) is 0 Å². The lowest BCUT2D eigenvalue weighted by atomic mass is 9.89. The van der Waals surface area contributed by atoms with Gasteiger partial charge in [-0.05, 0) is 24.5 Å². The Hall–Kier alpha value is -1.88. The van der Waals surface area contributed by atoms with E-state index in [0.717, 1.165) is 6.42 Å². The van der Waals surface area contributed by atoms with E-state index in [1.807, 2.05) is 13.0 Å². The van der Waals surface area contributed by atoms with Gasteiger partial charge in [0.05, 0.1) is 12.0 Å². The molecular weight excluding hydrogens is 256 g/mol. The number of carboxylic acids is 1. The van der Waals surface area contributed by atoms with Crippen LogP contribution in [0.3, 0.4) is 0 Å². The van der Waals surface area contributed by atoms with E-state index < -0.39 is 17.9 Å². The summed E-state index contributed by atoms with van der Waals surface area (Å²) in [6.07, 6.45) is 1.91. The number of carbonyl (C=O) groups is 2. The van der Waals surface area contributed by atoms with Gasteiger partial charge in [0.2, 0.25) is 5.91 Å². The lowest BCUT2D eigenvalue weighted by Gasteiger charge is -2.34. The van der Waals surface area contributed by atoms with Crippen molar-refractivity contribution < 1.29 is 14.7 Å². The van der Waals surface area contributed by atoms with E-state index in [9.17, 15) is 14.7 Å². The number of hydrogen-bond acceptors (Lipinski definition) is 3. The van der Waals surface area contributed by atoms with E-state index in [0.29, 0.717) is 30.6 Å². The van der Waals surface area contributed by atoms with E-state index in [1.165, 1.54) is 0 Å². The summed E-state index contributed by atoms with van der Waals surface area (Å²) in [6.45, 7) is 2.39. The van der Waals surface area contributed by atoms with Crippen LogP contribution in [-0.2, 0) is 9.59 Å². The van der Waals surface area contributed by atoms with Crippen molar-refractivity contribution in [2.75, 3.05) is 11.4 Å². The molecule has 0 saturated heterocycles. The zero-order valence-electron chi connectivity index (χ0n) is 11.6. The summed E-state index contributed by atoms with van der Waals surface area (Å²) in [4.78, 5) is 25.3. The van der Waals surface area contributed by atoms with Crippen LogP contribution in [0.15, 0.2) is 24.3 Å². The Bertz CT molecular complexity index is 516. The van der Waals surface area contributed by atoms with Crippen LogP contribution in [0.5, 0.6) is 0 Å². The highest BCUT2D eigenvalue weighted by Crippen LogP contribution is 2.35. The second-order valence-electron chi connectivity index (χ2n) is 5.12. The molecule has 1 unspecified atom stereocenters. The number of nitrogens with zero attached hydrogens (tertiary/aromatic N) is 1. The number of hydrogen-bond donors (Lipinski definition) is 2. The number of carbonyl (C=O) groups excluding carboxylic acids is 1. The van der Waals surface area contributed by atoms with Crippen LogP contribution in [0.2, 0.25) is 0 Å². The standard InChI is InChI=1S/C15H20N2O3/c1-2-5-12(16)14(18)17-9-8-11(15(19)20)10-6-3-4-7-13(10)17/h3-4,6-7,11-12H,2,5,8-9,16H2,1H3,(H,19,20)/t11?,12-/m0/s1. The number of para-hydroxylation sites is 1. The molecular formula is C15H20N2O3. The Labute approximate surface area is 118 Å². The molecule has 0 fully saturated rings. The molecule has 1 aromatic carbocycles. The van der Waals surface area contributed by atoms with Gasteiger partial charge in [-0.1, -0.05) is 31.5 Å². The summed E-state index contributed by atoms with van der Waals surface area (Å²) < 4.78 is 0. The normalized spacial score (nSPS) is 19.3. The molecule has 20 heavy (non-hydrogen) atoms. The van der Waals surface area contributed by atoms with Gasteiger partial charge >= 0.3 is 5.97 Å². The molecule has 2 atom stereocenters. The lowest BCUT2D eigenvalue weighted by molar-refractivity contribution is -0.139. The van der Waals surface area contributed by atoms with Crippen molar-refractivity contribution >= 4 is 17.6 Å². The third-order valence-corrected chi connectivity index (χ3v) is 3.73. The molecule has 0 saturated carbocycles. The number of anilines is 1. The number of benzene rings is 1. The van der Waals surface area contributed by atoms with Crippen molar-refractivity contribution in [3.8, 4) is 0 Å². The second-order valence-corrected chi connectivity index (χ2v) is 5.12. The summed E-state index contributed by atoms with van der Waals surface area (Å²) in [6, 6.07) is 6.66. The van der Waals surface area contributed by atoms with E-state index in [1.54, 1.807) is 23.1 Å². The highest BCUT2D eigenvalue weighted by Gasteiger charge is 2.33. The summed E-state index contributed by atoms with van der Waals surface area (Å²) >= 11 is 0. The highest BCUT2D eigenvalue weighted by atomic mass is 16.4. The Balaban J connectivity index is 2.32. The first-order valence-electron chi connectivity index (χ1n) is 6.95. The fraction of sp³-hybridized carbons (Fsp3) is 0.467. The van der Waals surface area contributed by atoms with Gasteiger partial charge in [-0.2, -0.15) is 0 Å². The third-order valence-electron chi connectivity index (χ3n) is 3.73. The molecule has 0 bridgehead atoms. The van der Waals surface area contributed by atoms with Crippen molar-refractivity contribution in [1.82, 2.24) is 0 Å². The molecule has 1 heterocycles. The largest absolute Gasteiger partial charge is 0.481 e. The molecule has 1 amide bonds. The Kier molecular flexibility index (Phi) is 4.39. The average molecular weight is 276 g/mol. The monoisotopic (exact) mass is 276 g/mol. The summed E-state index contributed by atoms with van der Waals surface area (Å²) in [7, 11) is 0. The van der Waals surface area contributed by atoms with Crippen LogP contribution in [0.1, 0.15) is 37.7 Å². The zero-order valence-corrected chi connectivity index (χ0v) is 11.6. The maximum absolute atomic E-state index is 12.4. The minimum Gasteiger partial charge on any atom is -0.481 e. The van der Waals surface area contributed by atoms with Crippen molar-refractivity contribution in [1.29, 1.82) is 0 Å². The predicted molar refractivity (Wildman–Crippen MR) is 76.7 cm³/mol. The molecule has 1 aliphatic heterocycles. The summed E-state index contributed by atoms with van der Waals surface area (Å²) in [5.74, 6) is -1.51. The molecule has 5 nitrogen and oxygen atoms in total. The van der Waals surface area contributed by atoms with Crippen LogP contribution in [0, 0.1) is 0 Å². The van der Waals surface area contributed by atoms with Gasteiger partial charge in [-0.15, -0.1) is 0 Å². The SMILES string of the molecule is CCC[C@H](N)C(=O)N1CCC(C(=O)O)c2ccccc21. The molecule has 1 aromatic rings. The highest BCUT2D eigenvalue weighted by molar-refractivity contribution is 5.99. The fourth-order valence-electron chi connectivity index (χ4n) is 2.68. The van der Waals surface area contributed by atoms with Crippen molar-refractivity contribution in [3.63, 3.8) is 0 Å². The van der Waals surface area contributed by atoms with Crippen LogP contribution in [-0.4, -0.2) is 29.6 Å². The average Bonchev–Trinajstić information content (AvgIpc) is 2.45. The van der Waals surface area contributed by atoms with E-state index >= 15 is 0 Å². The molecule has 5 heteroatoms. The first-order chi connectivity index (χ1) is 9.56. The zero-order chi connectivity index (χ0) is 14.7. The van der Waals surface area contributed by atoms with Crippen LogP contribution in [0.25, 0.3) is 0 Å². The van der Waals surface area contributed by atoms with E-state index in [2.05, 4.69) is 0 Å². The molecule has 108 valence electrons. The number of rotatable bonds is 4. The number of fused-ring (bicyclic) bond motifs is 1. The van der Waals surface area contributed by atoms with Crippen LogP contribution >= 0.6 is 0 Å². The van der Waals surface area contributed by atoms with Crippen molar-refractivity contribution in [3.05, 3.63) is 29.8 Å². The minimum absolute atomic E-state index is 0.122. The Morgan fingerprint density at radius 2 is 2.15 bits per heavy atom. The van der Waals surface area contributed by atoms with Gasteiger partial charge < -0.3 is 15.7 Å². The minimum atomic E-state index is -0.845. The van der Waals surface area contributed by atoms with Gasteiger partial charge in [0.1, 0.15) is 0 Å². The maximum atomic E-state index is 12.4. The first-order valence-corrected chi connectivity index (χ1v) is 6.95. The number of amides is 1. The molecule has 0 spiro atoms. The molecule has 0 aromatic heterocycles. The second kappa shape index (κ2) is 6.05. The first kappa shape index (κ1) is 14.5. The van der Waals surface area contributed by atoms with Gasteiger partial charge in [-0.25, -0.2) is 0 Å². The molecule has 0 aliphatic carbocycles. The van der Waals surface area contributed by atoms with Gasteiger partial charge in [-0.3, -0.25) is 9.59 Å². The topological polar surface area (TPSA) is 83.6 Å². The summed E-state index contributed by atoms with van der Waals surface area (Å²) in [5, 5.41) is 9.28. The number of aliphatic carboxylic acids is 1. The predicted octanol–water partition coefficient (Wildman–Crippen LogP) is 1.72. The molecule has 1 aliphatic rings. The number of nitrogens with two attached hydrogens (primary N) is 1. The van der Waals surface area contributed by atoms with Gasteiger partial charge in [0.25, 0.3) is 0 Å².